The van der Waals surface area contributed by atoms with Crippen LogP contribution in [0.5, 0.6) is 0 Å². The molecule has 0 bridgehead atoms. The lowest BCUT2D eigenvalue weighted by molar-refractivity contribution is 0.0663. The largest absolute Gasteiger partial charge is 0.353 e. The summed E-state index contributed by atoms with van der Waals surface area (Å²) < 4.78 is 0. The highest BCUT2D eigenvalue weighted by molar-refractivity contribution is 6.35. The summed E-state index contributed by atoms with van der Waals surface area (Å²) in [5.74, 6) is -0.00330. The number of piperazine rings is 1. The Bertz CT molecular complexity index is 745. The van der Waals surface area contributed by atoms with E-state index in [1.165, 1.54) is 0 Å². The third kappa shape index (κ3) is 3.98. The highest BCUT2D eigenvalue weighted by atomic mass is 35.5. The van der Waals surface area contributed by atoms with Crippen molar-refractivity contribution in [1.29, 1.82) is 0 Å². The highest BCUT2D eigenvalue weighted by Gasteiger charge is 2.20. The molecule has 2 aromatic rings. The van der Waals surface area contributed by atoms with Crippen molar-refractivity contribution < 1.29 is 4.79 Å². The number of anilines is 2. The maximum atomic E-state index is 12.6. The van der Waals surface area contributed by atoms with Crippen LogP contribution in [-0.4, -0.2) is 53.9 Å². The van der Waals surface area contributed by atoms with Crippen LogP contribution in [0, 0.1) is 0 Å². The van der Waals surface area contributed by atoms with Gasteiger partial charge in [-0.1, -0.05) is 23.2 Å². The van der Waals surface area contributed by atoms with Crippen LogP contribution >= 0.6 is 23.2 Å². The summed E-state index contributed by atoms with van der Waals surface area (Å²) in [5, 5.41) is 4.29. The lowest BCUT2D eigenvalue weighted by atomic mass is 10.2. The number of nitrogens with zero attached hydrogens (tertiary/aromatic N) is 3. The lowest BCUT2D eigenvalue weighted by Crippen LogP contribution is -2.47. The van der Waals surface area contributed by atoms with Crippen LogP contribution < -0.4 is 5.32 Å². The molecule has 7 heteroatoms. The molecule has 1 aromatic carbocycles. The Kier molecular flexibility index (Phi) is 5.23. The van der Waals surface area contributed by atoms with Crippen molar-refractivity contribution in [1.82, 2.24) is 14.8 Å². The van der Waals surface area contributed by atoms with Crippen molar-refractivity contribution in [2.45, 2.75) is 0 Å². The Morgan fingerprint density at radius 1 is 1.12 bits per heavy atom. The number of halogens is 2. The van der Waals surface area contributed by atoms with E-state index in [2.05, 4.69) is 22.2 Å². The summed E-state index contributed by atoms with van der Waals surface area (Å²) in [6.07, 6.45) is 3.24. The molecule has 1 fully saturated rings. The first-order valence-electron chi connectivity index (χ1n) is 7.68. The first-order valence-corrected chi connectivity index (χ1v) is 8.43. The topological polar surface area (TPSA) is 48.5 Å². The van der Waals surface area contributed by atoms with E-state index in [9.17, 15) is 4.79 Å². The van der Waals surface area contributed by atoms with Gasteiger partial charge in [0.25, 0.3) is 5.91 Å². The summed E-state index contributed by atoms with van der Waals surface area (Å²) in [4.78, 5) is 20.9. The second kappa shape index (κ2) is 7.38. The number of aromatic nitrogens is 1. The molecule has 1 aliphatic rings. The second-order valence-electron chi connectivity index (χ2n) is 5.81. The van der Waals surface area contributed by atoms with Crippen LogP contribution in [0.15, 0.2) is 36.7 Å². The molecule has 0 spiro atoms. The Morgan fingerprint density at radius 3 is 2.62 bits per heavy atom. The smallest absolute Gasteiger partial charge is 0.255 e. The average molecular weight is 365 g/mol. The number of rotatable bonds is 3. The molecule has 1 aromatic heterocycles. The molecule has 1 N–H and O–H groups in total. The van der Waals surface area contributed by atoms with Gasteiger partial charge in [-0.15, -0.1) is 0 Å². The fourth-order valence-electron chi connectivity index (χ4n) is 2.57. The Hall–Kier alpha value is -1.82. The normalized spacial score (nSPS) is 15.4. The maximum absolute atomic E-state index is 12.6. The molecule has 0 aliphatic carbocycles. The van der Waals surface area contributed by atoms with Crippen LogP contribution in [0.4, 0.5) is 11.4 Å². The number of hydrogen-bond donors (Lipinski definition) is 1. The Labute approximate surface area is 151 Å². The zero-order valence-electron chi connectivity index (χ0n) is 13.3. The Balaban J connectivity index is 1.76. The molecule has 24 heavy (non-hydrogen) atoms. The third-order valence-electron chi connectivity index (χ3n) is 3.98. The molecule has 5 nitrogen and oxygen atoms in total. The first-order chi connectivity index (χ1) is 11.5. The van der Waals surface area contributed by atoms with Crippen molar-refractivity contribution in [2.75, 3.05) is 38.5 Å². The van der Waals surface area contributed by atoms with E-state index >= 15 is 0 Å². The number of carbonyl (C=O) groups is 1. The van der Waals surface area contributed by atoms with Crippen LogP contribution in [0.2, 0.25) is 10.0 Å². The summed E-state index contributed by atoms with van der Waals surface area (Å²) in [7, 11) is 2.06. The van der Waals surface area contributed by atoms with Crippen LogP contribution in [-0.2, 0) is 0 Å². The number of carbonyl (C=O) groups excluding carboxylic acids is 1. The number of amides is 1. The lowest BCUT2D eigenvalue weighted by Gasteiger charge is -2.32. The number of benzene rings is 1. The van der Waals surface area contributed by atoms with Gasteiger partial charge >= 0.3 is 0 Å². The van der Waals surface area contributed by atoms with Crippen LogP contribution in [0.3, 0.4) is 0 Å². The molecule has 0 unspecified atom stereocenters. The summed E-state index contributed by atoms with van der Waals surface area (Å²) in [6, 6.07) is 6.96. The first kappa shape index (κ1) is 17.0. The van der Waals surface area contributed by atoms with E-state index < -0.39 is 0 Å². The van der Waals surface area contributed by atoms with Gasteiger partial charge in [0, 0.05) is 37.4 Å². The fraction of sp³-hybridized carbons (Fsp3) is 0.294. The zero-order chi connectivity index (χ0) is 17.1. The SMILES string of the molecule is CN1CCN(C(=O)c2cncc(Nc3cc(Cl)ccc3Cl)c2)CC1. The van der Waals surface area contributed by atoms with Crippen LogP contribution in [0.1, 0.15) is 10.4 Å². The van der Waals surface area contributed by atoms with Crippen molar-refractivity contribution >= 4 is 40.5 Å². The Morgan fingerprint density at radius 2 is 1.88 bits per heavy atom. The standard InChI is InChI=1S/C17H18Cl2N4O/c1-22-4-6-23(7-5-22)17(24)12-8-14(11-20-10-12)21-16-9-13(18)2-3-15(16)19/h2-3,8-11,21H,4-7H2,1H3. The van der Waals surface area contributed by atoms with Gasteiger partial charge in [-0.05, 0) is 31.3 Å². The monoisotopic (exact) mass is 364 g/mol. The minimum Gasteiger partial charge on any atom is -0.353 e. The minimum atomic E-state index is -0.00330. The van der Waals surface area contributed by atoms with Gasteiger partial charge in [-0.25, -0.2) is 0 Å². The molecule has 1 aliphatic heterocycles. The van der Waals surface area contributed by atoms with E-state index in [1.807, 2.05) is 4.90 Å². The fourth-order valence-corrected chi connectivity index (χ4v) is 2.90. The number of likely N-dealkylation sites (N-methyl/N-ethyl adjacent to an activating group) is 1. The van der Waals surface area contributed by atoms with Crippen molar-refractivity contribution in [3.8, 4) is 0 Å². The van der Waals surface area contributed by atoms with Gasteiger partial charge in [0.15, 0.2) is 0 Å². The molecule has 0 saturated carbocycles. The van der Waals surface area contributed by atoms with Crippen molar-refractivity contribution in [2.24, 2.45) is 0 Å². The quantitative estimate of drug-likeness (QED) is 0.904. The van der Waals surface area contributed by atoms with Crippen LogP contribution in [0.25, 0.3) is 0 Å². The molecule has 126 valence electrons. The van der Waals surface area contributed by atoms with E-state index in [-0.39, 0.29) is 5.91 Å². The summed E-state index contributed by atoms with van der Waals surface area (Å²) in [6.45, 7) is 3.23. The van der Waals surface area contributed by atoms with E-state index in [4.69, 9.17) is 23.2 Å². The second-order valence-corrected chi connectivity index (χ2v) is 6.65. The summed E-state index contributed by atoms with van der Waals surface area (Å²) >= 11 is 12.2. The van der Waals surface area contributed by atoms with Crippen molar-refractivity contribution in [3.05, 3.63) is 52.3 Å². The number of hydrogen-bond acceptors (Lipinski definition) is 4. The molecule has 2 heterocycles. The highest BCUT2D eigenvalue weighted by Crippen LogP contribution is 2.28. The van der Waals surface area contributed by atoms with E-state index in [1.54, 1.807) is 36.7 Å². The molecular weight excluding hydrogens is 347 g/mol. The molecule has 3 rings (SSSR count). The number of pyridine rings is 1. The molecule has 1 saturated heterocycles. The predicted molar refractivity (Wildman–Crippen MR) is 97.4 cm³/mol. The molecule has 0 radical (unpaired) electrons. The summed E-state index contributed by atoms with van der Waals surface area (Å²) in [5.41, 5.74) is 1.93. The molecule has 1 amide bonds. The van der Waals surface area contributed by atoms with E-state index in [0.29, 0.717) is 27.0 Å². The molecule has 0 atom stereocenters. The van der Waals surface area contributed by atoms with Gasteiger partial charge < -0.3 is 15.1 Å². The van der Waals surface area contributed by atoms with E-state index in [0.717, 1.165) is 26.2 Å². The van der Waals surface area contributed by atoms with Crippen molar-refractivity contribution in [3.63, 3.8) is 0 Å². The zero-order valence-corrected chi connectivity index (χ0v) is 14.8. The minimum absolute atomic E-state index is 0.00330. The molecular formula is C17H18Cl2N4O. The van der Waals surface area contributed by atoms with Gasteiger partial charge in [-0.3, -0.25) is 9.78 Å². The van der Waals surface area contributed by atoms with Gasteiger partial charge in [-0.2, -0.15) is 0 Å². The predicted octanol–water partition coefficient (Wildman–Crippen LogP) is 3.52. The third-order valence-corrected chi connectivity index (χ3v) is 4.55. The van der Waals surface area contributed by atoms with Gasteiger partial charge in [0.2, 0.25) is 0 Å². The number of nitrogens with one attached hydrogen (secondary N) is 1. The van der Waals surface area contributed by atoms with Gasteiger partial charge in [0.05, 0.1) is 28.2 Å². The average Bonchev–Trinajstić information content (AvgIpc) is 2.58. The van der Waals surface area contributed by atoms with Gasteiger partial charge in [0.1, 0.15) is 0 Å². The maximum Gasteiger partial charge on any atom is 0.255 e.